The largest absolute Gasteiger partial charge is 0.508 e. The number of benzene rings is 1. The van der Waals surface area contributed by atoms with Gasteiger partial charge in [0.1, 0.15) is 5.75 Å². The second-order valence-corrected chi connectivity index (χ2v) is 4.62. The van der Waals surface area contributed by atoms with E-state index in [1.54, 1.807) is 18.2 Å². The molecule has 0 aliphatic rings. The molecule has 0 aliphatic heterocycles. The van der Waals surface area contributed by atoms with E-state index < -0.39 is 0 Å². The van der Waals surface area contributed by atoms with Crippen molar-refractivity contribution >= 4 is 11.6 Å². The number of hydrogen-bond acceptors (Lipinski definition) is 3. The molecular formula is C12H18ClNO2. The molecule has 3 N–H and O–H groups in total. The van der Waals surface area contributed by atoms with Gasteiger partial charge in [-0.05, 0) is 24.1 Å². The van der Waals surface area contributed by atoms with E-state index in [1.165, 1.54) is 0 Å². The van der Waals surface area contributed by atoms with Crippen molar-refractivity contribution in [2.45, 2.75) is 26.4 Å². The van der Waals surface area contributed by atoms with Crippen LogP contribution < -0.4 is 5.32 Å². The Morgan fingerprint density at radius 3 is 2.62 bits per heavy atom. The van der Waals surface area contributed by atoms with Gasteiger partial charge in [0.2, 0.25) is 0 Å². The van der Waals surface area contributed by atoms with Crippen molar-refractivity contribution in [3.05, 3.63) is 28.8 Å². The molecule has 1 atom stereocenters. The molecule has 0 heterocycles. The SMILES string of the molecule is CC(C)C(CO)NCc1cc(Cl)ccc1O. The normalized spacial score (nSPS) is 13.1. The minimum absolute atomic E-state index is 0.0263. The van der Waals surface area contributed by atoms with Crippen LogP contribution in [0.3, 0.4) is 0 Å². The first-order valence-corrected chi connectivity index (χ1v) is 5.74. The van der Waals surface area contributed by atoms with Gasteiger partial charge < -0.3 is 15.5 Å². The predicted molar refractivity (Wildman–Crippen MR) is 65.7 cm³/mol. The Morgan fingerprint density at radius 1 is 1.38 bits per heavy atom. The number of phenolic OH excluding ortho intramolecular Hbond substituents is 1. The lowest BCUT2D eigenvalue weighted by Crippen LogP contribution is -2.36. The predicted octanol–water partition coefficient (Wildman–Crippen LogP) is 2.15. The highest BCUT2D eigenvalue weighted by molar-refractivity contribution is 6.30. The minimum Gasteiger partial charge on any atom is -0.508 e. The number of rotatable bonds is 5. The molecule has 16 heavy (non-hydrogen) atoms. The summed E-state index contributed by atoms with van der Waals surface area (Å²) in [5, 5.41) is 22.5. The molecule has 4 heteroatoms. The van der Waals surface area contributed by atoms with Crippen molar-refractivity contribution in [3.8, 4) is 5.75 Å². The average molecular weight is 244 g/mol. The summed E-state index contributed by atoms with van der Waals surface area (Å²) in [5.41, 5.74) is 0.742. The molecule has 0 saturated heterocycles. The zero-order valence-corrected chi connectivity index (χ0v) is 10.3. The summed E-state index contributed by atoms with van der Waals surface area (Å²) in [6.07, 6.45) is 0. The van der Waals surface area contributed by atoms with Gasteiger partial charge in [0.05, 0.1) is 6.61 Å². The fourth-order valence-corrected chi connectivity index (χ4v) is 1.64. The van der Waals surface area contributed by atoms with Crippen LogP contribution in [0.25, 0.3) is 0 Å². The van der Waals surface area contributed by atoms with Crippen molar-refractivity contribution in [1.82, 2.24) is 5.32 Å². The van der Waals surface area contributed by atoms with Crippen LogP contribution >= 0.6 is 11.6 Å². The van der Waals surface area contributed by atoms with Gasteiger partial charge >= 0.3 is 0 Å². The Labute approximate surface area is 101 Å². The fourth-order valence-electron chi connectivity index (χ4n) is 1.45. The Balaban J connectivity index is 2.63. The Morgan fingerprint density at radius 2 is 2.06 bits per heavy atom. The molecule has 1 aromatic rings. The molecule has 0 spiro atoms. The molecule has 0 aliphatic carbocycles. The highest BCUT2D eigenvalue weighted by Gasteiger charge is 2.12. The van der Waals surface area contributed by atoms with E-state index in [0.29, 0.717) is 17.5 Å². The monoisotopic (exact) mass is 243 g/mol. The third kappa shape index (κ3) is 3.67. The zero-order valence-electron chi connectivity index (χ0n) is 9.57. The van der Waals surface area contributed by atoms with Crippen LogP contribution in [0, 0.1) is 5.92 Å². The summed E-state index contributed by atoms with van der Waals surface area (Å²) in [5.74, 6) is 0.559. The smallest absolute Gasteiger partial charge is 0.120 e. The van der Waals surface area contributed by atoms with Crippen molar-refractivity contribution in [2.24, 2.45) is 5.92 Å². The number of aliphatic hydroxyl groups excluding tert-OH is 1. The van der Waals surface area contributed by atoms with E-state index in [4.69, 9.17) is 16.7 Å². The molecule has 0 fully saturated rings. The van der Waals surface area contributed by atoms with E-state index >= 15 is 0 Å². The fraction of sp³-hybridized carbons (Fsp3) is 0.500. The molecule has 1 rings (SSSR count). The number of aliphatic hydroxyl groups is 1. The summed E-state index contributed by atoms with van der Waals surface area (Å²) in [4.78, 5) is 0. The van der Waals surface area contributed by atoms with Gasteiger partial charge in [0.25, 0.3) is 0 Å². The topological polar surface area (TPSA) is 52.5 Å². The Kier molecular flexibility index (Phi) is 5.06. The average Bonchev–Trinajstić information content (AvgIpc) is 2.23. The third-order valence-electron chi connectivity index (χ3n) is 2.60. The maximum absolute atomic E-state index is 9.60. The van der Waals surface area contributed by atoms with Crippen LogP contribution in [0.1, 0.15) is 19.4 Å². The van der Waals surface area contributed by atoms with Crippen LogP contribution in [0.15, 0.2) is 18.2 Å². The number of hydrogen-bond donors (Lipinski definition) is 3. The number of aromatic hydroxyl groups is 1. The van der Waals surface area contributed by atoms with Gasteiger partial charge in [-0.1, -0.05) is 25.4 Å². The molecule has 90 valence electrons. The first-order chi connectivity index (χ1) is 7.54. The molecule has 0 aromatic heterocycles. The van der Waals surface area contributed by atoms with Gasteiger partial charge in [-0.3, -0.25) is 0 Å². The Bertz CT molecular complexity index is 342. The summed E-state index contributed by atoms with van der Waals surface area (Å²) in [6.45, 7) is 4.65. The van der Waals surface area contributed by atoms with Gasteiger partial charge in [-0.2, -0.15) is 0 Å². The highest BCUT2D eigenvalue weighted by atomic mass is 35.5. The second kappa shape index (κ2) is 6.09. The van der Waals surface area contributed by atoms with Crippen molar-refractivity contribution in [1.29, 1.82) is 0 Å². The van der Waals surface area contributed by atoms with Gasteiger partial charge in [-0.25, -0.2) is 0 Å². The maximum Gasteiger partial charge on any atom is 0.120 e. The van der Waals surface area contributed by atoms with E-state index in [9.17, 15) is 5.11 Å². The van der Waals surface area contributed by atoms with Crippen molar-refractivity contribution < 1.29 is 10.2 Å². The molecule has 0 amide bonds. The Hall–Kier alpha value is -0.770. The van der Waals surface area contributed by atoms with E-state index in [-0.39, 0.29) is 18.4 Å². The van der Waals surface area contributed by atoms with Crippen LogP contribution in [0.2, 0.25) is 5.02 Å². The summed E-state index contributed by atoms with van der Waals surface area (Å²) < 4.78 is 0. The van der Waals surface area contributed by atoms with E-state index in [0.717, 1.165) is 5.56 Å². The van der Waals surface area contributed by atoms with Gasteiger partial charge in [-0.15, -0.1) is 0 Å². The quantitative estimate of drug-likeness (QED) is 0.743. The third-order valence-corrected chi connectivity index (χ3v) is 2.83. The van der Waals surface area contributed by atoms with Crippen LogP contribution in [-0.4, -0.2) is 22.9 Å². The first-order valence-electron chi connectivity index (χ1n) is 5.36. The van der Waals surface area contributed by atoms with E-state index in [1.807, 2.05) is 13.8 Å². The maximum atomic E-state index is 9.60. The molecule has 1 unspecified atom stereocenters. The van der Waals surface area contributed by atoms with Crippen molar-refractivity contribution in [2.75, 3.05) is 6.61 Å². The summed E-state index contributed by atoms with van der Waals surface area (Å²) in [6, 6.07) is 4.96. The van der Waals surface area contributed by atoms with Crippen molar-refractivity contribution in [3.63, 3.8) is 0 Å². The summed E-state index contributed by atoms with van der Waals surface area (Å²) in [7, 11) is 0. The molecule has 3 nitrogen and oxygen atoms in total. The zero-order chi connectivity index (χ0) is 12.1. The van der Waals surface area contributed by atoms with Crippen LogP contribution in [-0.2, 0) is 6.54 Å². The van der Waals surface area contributed by atoms with Gasteiger partial charge in [0.15, 0.2) is 0 Å². The highest BCUT2D eigenvalue weighted by Crippen LogP contribution is 2.21. The van der Waals surface area contributed by atoms with Crippen LogP contribution in [0.4, 0.5) is 0 Å². The molecule has 0 bridgehead atoms. The number of phenols is 1. The lowest BCUT2D eigenvalue weighted by atomic mass is 10.0. The van der Waals surface area contributed by atoms with Crippen LogP contribution in [0.5, 0.6) is 5.75 Å². The number of halogens is 1. The molecule has 0 saturated carbocycles. The molecule has 1 aromatic carbocycles. The van der Waals surface area contributed by atoms with E-state index in [2.05, 4.69) is 5.32 Å². The first kappa shape index (κ1) is 13.3. The lowest BCUT2D eigenvalue weighted by Gasteiger charge is -2.20. The molecule has 0 radical (unpaired) electrons. The molecular weight excluding hydrogens is 226 g/mol. The number of nitrogens with one attached hydrogen (secondary N) is 1. The van der Waals surface area contributed by atoms with Gasteiger partial charge in [0, 0.05) is 23.2 Å². The lowest BCUT2D eigenvalue weighted by molar-refractivity contribution is 0.209. The standard InChI is InChI=1S/C12H18ClNO2/c1-8(2)11(7-15)14-6-9-5-10(13)3-4-12(9)16/h3-5,8,11,14-16H,6-7H2,1-2H3. The minimum atomic E-state index is 0.0263. The second-order valence-electron chi connectivity index (χ2n) is 4.19. The summed E-state index contributed by atoms with van der Waals surface area (Å²) >= 11 is 5.84.